The highest BCUT2D eigenvalue weighted by molar-refractivity contribution is 6.36. The van der Waals surface area contributed by atoms with Crippen molar-refractivity contribution in [1.82, 2.24) is 5.32 Å². The Morgan fingerprint density at radius 2 is 1.69 bits per heavy atom. The molecule has 0 unspecified atom stereocenters. The zero-order valence-electron chi connectivity index (χ0n) is 17.0. The summed E-state index contributed by atoms with van der Waals surface area (Å²) in [6, 6.07) is 12.8. The van der Waals surface area contributed by atoms with E-state index in [4.69, 9.17) is 27.9 Å². The Labute approximate surface area is 180 Å². The van der Waals surface area contributed by atoms with E-state index >= 15 is 0 Å². The number of hydrogen-bond acceptors (Lipinski definition) is 3. The van der Waals surface area contributed by atoms with E-state index < -0.39 is 16.9 Å². The fourth-order valence-electron chi connectivity index (χ4n) is 3.05. The lowest BCUT2D eigenvalue weighted by atomic mass is 9.94. The predicted molar refractivity (Wildman–Crippen MR) is 117 cm³/mol. The molecular formula is C23H23Cl2NO3. The molecule has 0 aliphatic carbocycles. The third kappa shape index (κ3) is 4.34. The van der Waals surface area contributed by atoms with E-state index in [1.165, 1.54) is 0 Å². The molecule has 2 aromatic rings. The highest BCUT2D eigenvalue weighted by Crippen LogP contribution is 2.39. The third-order valence-electron chi connectivity index (χ3n) is 4.65. The smallest absolute Gasteiger partial charge is 0.316 e. The van der Waals surface area contributed by atoms with Crippen LogP contribution in [0.3, 0.4) is 0 Å². The second-order valence-electron chi connectivity index (χ2n) is 8.63. The van der Waals surface area contributed by atoms with Gasteiger partial charge in [-0.05, 0) is 70.0 Å². The number of carbonyl (C=O) groups excluding carboxylic acids is 2. The summed E-state index contributed by atoms with van der Waals surface area (Å²) in [7, 11) is 0. The summed E-state index contributed by atoms with van der Waals surface area (Å²) in [6.07, 6.45) is 0. The zero-order valence-corrected chi connectivity index (χ0v) is 18.5. The Bertz CT molecular complexity index is 1030. The molecule has 152 valence electrons. The molecule has 0 aromatic heterocycles. The van der Waals surface area contributed by atoms with Crippen LogP contribution >= 0.6 is 23.2 Å². The Morgan fingerprint density at radius 1 is 1.03 bits per heavy atom. The number of carbonyl (C=O) groups is 2. The molecule has 1 heterocycles. The maximum absolute atomic E-state index is 12.8. The molecule has 0 atom stereocenters. The van der Waals surface area contributed by atoms with Gasteiger partial charge in [0.15, 0.2) is 0 Å². The molecule has 1 amide bonds. The fraction of sp³-hybridized carbons (Fsp3) is 0.304. The van der Waals surface area contributed by atoms with Gasteiger partial charge < -0.3 is 10.1 Å². The van der Waals surface area contributed by atoms with Crippen LogP contribution < -0.4 is 5.32 Å². The molecule has 1 aliphatic rings. The molecule has 0 bridgehead atoms. The van der Waals surface area contributed by atoms with Crippen molar-refractivity contribution in [3.63, 3.8) is 0 Å². The molecule has 0 spiro atoms. The Hall–Kier alpha value is -2.30. The van der Waals surface area contributed by atoms with Crippen molar-refractivity contribution in [3.05, 3.63) is 63.8 Å². The van der Waals surface area contributed by atoms with Crippen LogP contribution in [-0.2, 0) is 14.3 Å². The van der Waals surface area contributed by atoms with Crippen molar-refractivity contribution >= 4 is 40.7 Å². The summed E-state index contributed by atoms with van der Waals surface area (Å²) in [6.45, 7) is 8.87. The second kappa shape index (κ2) is 7.51. The van der Waals surface area contributed by atoms with Gasteiger partial charge in [0.1, 0.15) is 5.76 Å². The minimum Gasteiger partial charge on any atom is -0.427 e. The van der Waals surface area contributed by atoms with E-state index in [9.17, 15) is 9.59 Å². The van der Waals surface area contributed by atoms with Crippen molar-refractivity contribution in [2.45, 2.75) is 40.2 Å². The first-order valence-corrected chi connectivity index (χ1v) is 10.0. The van der Waals surface area contributed by atoms with Crippen molar-refractivity contribution in [3.8, 4) is 11.1 Å². The predicted octanol–water partition coefficient (Wildman–Crippen LogP) is 5.87. The van der Waals surface area contributed by atoms with Crippen LogP contribution in [0.1, 0.15) is 40.2 Å². The lowest BCUT2D eigenvalue weighted by molar-refractivity contribution is -0.149. The third-order valence-corrected chi connectivity index (χ3v) is 5.21. The van der Waals surface area contributed by atoms with E-state index in [2.05, 4.69) is 5.32 Å². The Morgan fingerprint density at radius 3 is 2.31 bits per heavy atom. The molecular weight excluding hydrogens is 409 g/mol. The summed E-state index contributed by atoms with van der Waals surface area (Å²) in [5, 5.41) is 3.87. The van der Waals surface area contributed by atoms with E-state index in [1.807, 2.05) is 30.3 Å². The molecule has 4 nitrogen and oxygen atoms in total. The maximum Gasteiger partial charge on any atom is 0.316 e. The van der Waals surface area contributed by atoms with Gasteiger partial charge in [-0.1, -0.05) is 41.4 Å². The van der Waals surface area contributed by atoms with Crippen molar-refractivity contribution in [2.75, 3.05) is 0 Å². The number of ether oxygens (including phenoxy) is 1. The highest BCUT2D eigenvalue weighted by Gasteiger charge is 2.43. The number of benzene rings is 2. The number of rotatable bonds is 3. The van der Waals surface area contributed by atoms with Gasteiger partial charge >= 0.3 is 5.97 Å². The van der Waals surface area contributed by atoms with Crippen molar-refractivity contribution in [2.24, 2.45) is 5.41 Å². The van der Waals surface area contributed by atoms with Crippen LogP contribution in [0.5, 0.6) is 0 Å². The molecule has 0 saturated carbocycles. The quantitative estimate of drug-likeness (QED) is 0.618. The number of nitrogens with one attached hydrogen (secondary N) is 1. The maximum atomic E-state index is 12.8. The molecule has 29 heavy (non-hydrogen) atoms. The van der Waals surface area contributed by atoms with Crippen LogP contribution in [0.2, 0.25) is 10.0 Å². The van der Waals surface area contributed by atoms with Gasteiger partial charge in [0.2, 0.25) is 0 Å². The van der Waals surface area contributed by atoms with E-state index in [-0.39, 0.29) is 17.2 Å². The number of amides is 1. The molecule has 0 fully saturated rings. The van der Waals surface area contributed by atoms with Gasteiger partial charge in [0.25, 0.3) is 5.91 Å². The minimum atomic E-state index is -0.845. The van der Waals surface area contributed by atoms with Gasteiger partial charge in [-0.3, -0.25) is 9.59 Å². The second-order valence-corrected chi connectivity index (χ2v) is 9.47. The summed E-state index contributed by atoms with van der Waals surface area (Å²) in [5.41, 5.74) is 0.945. The van der Waals surface area contributed by atoms with Crippen molar-refractivity contribution < 1.29 is 14.3 Å². The normalized spacial score (nSPS) is 16.0. The van der Waals surface area contributed by atoms with Crippen LogP contribution in [0, 0.1) is 5.41 Å². The molecule has 0 saturated heterocycles. The van der Waals surface area contributed by atoms with Crippen molar-refractivity contribution in [1.29, 1.82) is 0 Å². The van der Waals surface area contributed by atoms with E-state index in [1.54, 1.807) is 46.8 Å². The Kier molecular flexibility index (Phi) is 5.54. The summed E-state index contributed by atoms with van der Waals surface area (Å²) in [4.78, 5) is 25.4. The topological polar surface area (TPSA) is 55.4 Å². The van der Waals surface area contributed by atoms with Crippen LogP contribution in [-0.4, -0.2) is 17.4 Å². The number of hydrogen-bond donors (Lipinski definition) is 1. The lowest BCUT2D eigenvalue weighted by Crippen LogP contribution is -2.40. The zero-order chi connectivity index (χ0) is 21.6. The first kappa shape index (κ1) is 21.4. The first-order valence-electron chi connectivity index (χ1n) is 9.25. The standard InChI is InChI=1S/C23H23Cl2NO3/c1-22(2,3)21(28)29-19-18(20(27)26-23(19,4)5)16-12-14(9-10-17(16)25)13-7-6-8-15(24)11-13/h6-12H,1-5H3,(H,26,27). The highest BCUT2D eigenvalue weighted by atomic mass is 35.5. The van der Waals surface area contributed by atoms with Gasteiger partial charge in [0.05, 0.1) is 16.5 Å². The fourth-order valence-corrected chi connectivity index (χ4v) is 3.45. The summed E-state index contributed by atoms with van der Waals surface area (Å²) in [5.74, 6) is -0.485. The monoisotopic (exact) mass is 431 g/mol. The van der Waals surface area contributed by atoms with Crippen LogP contribution in [0.25, 0.3) is 16.7 Å². The average Bonchev–Trinajstić information content (AvgIpc) is 2.83. The average molecular weight is 432 g/mol. The van der Waals surface area contributed by atoms with E-state index in [0.717, 1.165) is 11.1 Å². The first-order chi connectivity index (χ1) is 13.4. The summed E-state index contributed by atoms with van der Waals surface area (Å²) < 4.78 is 5.73. The molecule has 1 aliphatic heterocycles. The SMILES string of the molecule is CC(C)(C)C(=O)OC1=C(c2cc(-c3cccc(Cl)c3)ccc2Cl)C(=O)NC1(C)C. The van der Waals surface area contributed by atoms with Gasteiger partial charge in [0, 0.05) is 15.6 Å². The minimum absolute atomic E-state index is 0.265. The van der Waals surface area contributed by atoms with Crippen LogP contribution in [0.4, 0.5) is 0 Å². The molecule has 2 aromatic carbocycles. The van der Waals surface area contributed by atoms with E-state index in [0.29, 0.717) is 15.6 Å². The molecule has 3 rings (SSSR count). The molecule has 6 heteroatoms. The van der Waals surface area contributed by atoms with Gasteiger partial charge in [-0.2, -0.15) is 0 Å². The molecule has 0 radical (unpaired) electrons. The Balaban J connectivity index is 2.17. The molecule has 1 N–H and O–H groups in total. The van der Waals surface area contributed by atoms with Crippen LogP contribution in [0.15, 0.2) is 48.2 Å². The largest absolute Gasteiger partial charge is 0.427 e. The number of esters is 1. The lowest BCUT2D eigenvalue weighted by Gasteiger charge is -2.25. The van der Waals surface area contributed by atoms with Gasteiger partial charge in [-0.25, -0.2) is 0 Å². The summed E-state index contributed by atoms with van der Waals surface area (Å²) >= 11 is 12.6. The number of halogens is 2. The van der Waals surface area contributed by atoms with Gasteiger partial charge in [-0.15, -0.1) is 0 Å².